The number of ether oxygens (including phenoxy) is 1. The minimum atomic E-state index is -0.224. The van der Waals surface area contributed by atoms with E-state index in [9.17, 15) is 4.39 Å². The number of methoxy groups -OCH3 is 1. The molecule has 0 aliphatic rings. The van der Waals surface area contributed by atoms with E-state index in [2.05, 4.69) is 14.5 Å². The highest BCUT2D eigenvalue weighted by Crippen LogP contribution is 2.17. The van der Waals surface area contributed by atoms with Gasteiger partial charge < -0.3 is 9.30 Å². The monoisotopic (exact) mass is 299 g/mol. The third kappa shape index (κ3) is 3.14. The Morgan fingerprint density at radius 3 is 2.77 bits per heavy atom. The van der Waals surface area contributed by atoms with Crippen LogP contribution in [-0.2, 0) is 17.7 Å². The molecule has 3 aromatic rings. The lowest BCUT2D eigenvalue weighted by Crippen LogP contribution is -2.07. The Bertz CT molecular complexity index is 752. The Labute approximate surface area is 128 Å². The number of rotatable bonds is 6. The summed E-state index contributed by atoms with van der Waals surface area (Å²) < 4.78 is 20.3. The van der Waals surface area contributed by atoms with Gasteiger partial charge in [0, 0.05) is 26.3 Å². The standard InChI is InChI=1S/C17H18FN3O/c1-22-11-3-5-16-20-15-4-2-10-19-17(15)21(16)12-13-6-8-14(18)9-7-13/h2,4,6-10H,3,5,11-12H2,1H3. The van der Waals surface area contributed by atoms with Crippen LogP contribution in [0.1, 0.15) is 17.8 Å². The fourth-order valence-corrected chi connectivity index (χ4v) is 2.51. The normalized spacial score (nSPS) is 11.2. The second-order valence-corrected chi connectivity index (χ2v) is 5.18. The van der Waals surface area contributed by atoms with Gasteiger partial charge in [0.15, 0.2) is 5.65 Å². The maximum Gasteiger partial charge on any atom is 0.160 e. The van der Waals surface area contributed by atoms with Crippen molar-refractivity contribution in [3.8, 4) is 0 Å². The van der Waals surface area contributed by atoms with Crippen LogP contribution >= 0.6 is 0 Å². The van der Waals surface area contributed by atoms with Crippen LogP contribution in [0.25, 0.3) is 11.2 Å². The molecular formula is C17H18FN3O. The first kappa shape index (κ1) is 14.7. The highest BCUT2D eigenvalue weighted by atomic mass is 19.1. The number of aryl methyl sites for hydroxylation is 1. The van der Waals surface area contributed by atoms with Gasteiger partial charge in [-0.25, -0.2) is 14.4 Å². The largest absolute Gasteiger partial charge is 0.385 e. The summed E-state index contributed by atoms with van der Waals surface area (Å²) in [5.41, 5.74) is 2.77. The summed E-state index contributed by atoms with van der Waals surface area (Å²) in [5, 5.41) is 0. The van der Waals surface area contributed by atoms with E-state index in [0.29, 0.717) is 13.2 Å². The van der Waals surface area contributed by atoms with E-state index in [0.717, 1.165) is 35.4 Å². The summed E-state index contributed by atoms with van der Waals surface area (Å²) in [7, 11) is 1.70. The predicted octanol–water partition coefficient (Wildman–Crippen LogP) is 3.20. The number of fused-ring (bicyclic) bond motifs is 1. The predicted molar refractivity (Wildman–Crippen MR) is 83.2 cm³/mol. The minimum Gasteiger partial charge on any atom is -0.385 e. The molecule has 2 heterocycles. The first-order valence-corrected chi connectivity index (χ1v) is 7.31. The molecule has 22 heavy (non-hydrogen) atoms. The Kier molecular flexibility index (Phi) is 4.44. The summed E-state index contributed by atoms with van der Waals surface area (Å²) in [6.07, 6.45) is 3.50. The fourth-order valence-electron chi connectivity index (χ4n) is 2.51. The van der Waals surface area contributed by atoms with Gasteiger partial charge in [-0.3, -0.25) is 0 Å². The molecule has 3 rings (SSSR count). The molecule has 2 aromatic heterocycles. The molecule has 0 N–H and O–H groups in total. The summed E-state index contributed by atoms with van der Waals surface area (Å²) in [6, 6.07) is 10.4. The lowest BCUT2D eigenvalue weighted by Gasteiger charge is -2.09. The van der Waals surface area contributed by atoms with E-state index in [4.69, 9.17) is 4.74 Å². The maximum absolute atomic E-state index is 13.1. The van der Waals surface area contributed by atoms with Crippen LogP contribution < -0.4 is 0 Å². The lowest BCUT2D eigenvalue weighted by molar-refractivity contribution is 0.194. The Balaban J connectivity index is 1.94. The molecule has 0 saturated heterocycles. The molecule has 5 heteroatoms. The second kappa shape index (κ2) is 6.66. The molecule has 0 saturated carbocycles. The molecule has 114 valence electrons. The van der Waals surface area contributed by atoms with Gasteiger partial charge in [0.2, 0.25) is 0 Å². The first-order valence-electron chi connectivity index (χ1n) is 7.31. The van der Waals surface area contributed by atoms with Gasteiger partial charge in [-0.15, -0.1) is 0 Å². The Morgan fingerprint density at radius 2 is 2.00 bits per heavy atom. The summed E-state index contributed by atoms with van der Waals surface area (Å²) >= 11 is 0. The van der Waals surface area contributed by atoms with Gasteiger partial charge in [-0.2, -0.15) is 0 Å². The van der Waals surface area contributed by atoms with Gasteiger partial charge in [-0.05, 0) is 36.2 Å². The molecule has 0 aliphatic carbocycles. The van der Waals surface area contributed by atoms with Crippen LogP contribution in [0.5, 0.6) is 0 Å². The van der Waals surface area contributed by atoms with Crippen LogP contribution in [0.4, 0.5) is 4.39 Å². The van der Waals surface area contributed by atoms with E-state index in [1.165, 1.54) is 12.1 Å². The van der Waals surface area contributed by atoms with Crippen molar-refractivity contribution in [2.24, 2.45) is 0 Å². The zero-order valence-corrected chi connectivity index (χ0v) is 12.5. The Hall–Kier alpha value is -2.27. The smallest absolute Gasteiger partial charge is 0.160 e. The fraction of sp³-hybridized carbons (Fsp3) is 0.294. The molecule has 0 unspecified atom stereocenters. The molecule has 4 nitrogen and oxygen atoms in total. The van der Waals surface area contributed by atoms with Gasteiger partial charge in [0.05, 0.1) is 6.54 Å². The zero-order chi connectivity index (χ0) is 15.4. The number of imidazole rings is 1. The minimum absolute atomic E-state index is 0.224. The second-order valence-electron chi connectivity index (χ2n) is 5.18. The summed E-state index contributed by atoms with van der Waals surface area (Å²) in [4.78, 5) is 9.11. The van der Waals surface area contributed by atoms with Crippen molar-refractivity contribution < 1.29 is 9.13 Å². The van der Waals surface area contributed by atoms with Gasteiger partial charge in [0.1, 0.15) is 17.2 Å². The average molecular weight is 299 g/mol. The van der Waals surface area contributed by atoms with E-state index < -0.39 is 0 Å². The number of aromatic nitrogens is 3. The summed E-state index contributed by atoms with van der Waals surface area (Å²) in [5.74, 6) is 0.757. The van der Waals surface area contributed by atoms with Crippen LogP contribution in [0.15, 0.2) is 42.6 Å². The molecule has 1 aromatic carbocycles. The molecular weight excluding hydrogens is 281 g/mol. The summed E-state index contributed by atoms with van der Waals surface area (Å²) in [6.45, 7) is 1.34. The van der Waals surface area contributed by atoms with Gasteiger partial charge in [0.25, 0.3) is 0 Å². The quantitative estimate of drug-likeness (QED) is 0.656. The first-order chi connectivity index (χ1) is 10.8. The SMILES string of the molecule is COCCCc1nc2cccnc2n1Cc1ccc(F)cc1. The van der Waals surface area contributed by atoms with Crippen molar-refractivity contribution >= 4 is 11.2 Å². The molecule has 0 bridgehead atoms. The number of hydrogen-bond donors (Lipinski definition) is 0. The van der Waals surface area contributed by atoms with E-state index in [1.54, 1.807) is 25.4 Å². The molecule has 0 aliphatic heterocycles. The van der Waals surface area contributed by atoms with Crippen molar-refractivity contribution in [3.05, 3.63) is 59.8 Å². The highest BCUT2D eigenvalue weighted by molar-refractivity contribution is 5.71. The van der Waals surface area contributed by atoms with Crippen molar-refractivity contribution in [2.45, 2.75) is 19.4 Å². The van der Waals surface area contributed by atoms with Crippen LogP contribution in [-0.4, -0.2) is 28.3 Å². The van der Waals surface area contributed by atoms with Crippen molar-refractivity contribution in [1.82, 2.24) is 14.5 Å². The van der Waals surface area contributed by atoms with Crippen molar-refractivity contribution in [1.29, 1.82) is 0 Å². The van der Waals surface area contributed by atoms with Crippen molar-refractivity contribution in [3.63, 3.8) is 0 Å². The van der Waals surface area contributed by atoms with E-state index in [1.807, 2.05) is 12.1 Å². The Morgan fingerprint density at radius 1 is 1.18 bits per heavy atom. The number of halogens is 1. The van der Waals surface area contributed by atoms with Crippen LogP contribution in [0, 0.1) is 5.82 Å². The highest BCUT2D eigenvalue weighted by Gasteiger charge is 2.11. The zero-order valence-electron chi connectivity index (χ0n) is 12.5. The third-order valence-electron chi connectivity index (χ3n) is 3.59. The number of nitrogens with zero attached hydrogens (tertiary/aromatic N) is 3. The van der Waals surface area contributed by atoms with Crippen LogP contribution in [0.2, 0.25) is 0 Å². The average Bonchev–Trinajstić information content (AvgIpc) is 2.88. The molecule has 0 amide bonds. The lowest BCUT2D eigenvalue weighted by atomic mass is 10.2. The van der Waals surface area contributed by atoms with Gasteiger partial charge >= 0.3 is 0 Å². The number of benzene rings is 1. The number of pyridine rings is 1. The maximum atomic E-state index is 13.1. The van der Waals surface area contributed by atoms with E-state index in [-0.39, 0.29) is 5.82 Å². The molecule has 0 fully saturated rings. The third-order valence-corrected chi connectivity index (χ3v) is 3.59. The van der Waals surface area contributed by atoms with Crippen LogP contribution in [0.3, 0.4) is 0 Å². The molecule has 0 radical (unpaired) electrons. The van der Waals surface area contributed by atoms with Gasteiger partial charge in [-0.1, -0.05) is 12.1 Å². The molecule has 0 spiro atoms. The van der Waals surface area contributed by atoms with Crippen molar-refractivity contribution in [2.75, 3.05) is 13.7 Å². The van der Waals surface area contributed by atoms with E-state index >= 15 is 0 Å². The molecule has 0 atom stereocenters. The number of hydrogen-bond acceptors (Lipinski definition) is 3. The topological polar surface area (TPSA) is 39.9 Å².